The summed E-state index contributed by atoms with van der Waals surface area (Å²) in [6.45, 7) is 5.45. The fourth-order valence-electron chi connectivity index (χ4n) is 2.36. The molecule has 0 atom stereocenters. The summed E-state index contributed by atoms with van der Waals surface area (Å²) in [6.07, 6.45) is -4.39. The number of aliphatic imine (C=N–C) groups is 1. The van der Waals surface area contributed by atoms with Crippen LogP contribution >= 0.6 is 0 Å². The third-order valence-electron chi connectivity index (χ3n) is 3.96. The van der Waals surface area contributed by atoms with E-state index < -0.39 is 12.8 Å². The van der Waals surface area contributed by atoms with E-state index in [1.54, 1.807) is 19.1 Å². The molecule has 0 saturated heterocycles. The van der Waals surface area contributed by atoms with E-state index in [4.69, 9.17) is 4.74 Å². The van der Waals surface area contributed by atoms with Crippen molar-refractivity contribution < 1.29 is 17.9 Å². The Morgan fingerprint density at radius 3 is 2.57 bits per heavy atom. The number of nitrogens with zero attached hydrogens (tertiary/aromatic N) is 4. The van der Waals surface area contributed by atoms with Gasteiger partial charge in [0.15, 0.2) is 18.4 Å². The van der Waals surface area contributed by atoms with E-state index in [0.29, 0.717) is 24.6 Å². The second-order valence-corrected chi connectivity index (χ2v) is 6.29. The van der Waals surface area contributed by atoms with E-state index in [-0.39, 0.29) is 12.3 Å². The molecule has 2 N–H and O–H groups in total. The van der Waals surface area contributed by atoms with Gasteiger partial charge in [-0.3, -0.25) is 0 Å². The van der Waals surface area contributed by atoms with Gasteiger partial charge in [-0.1, -0.05) is 12.1 Å². The molecule has 0 amide bonds. The third kappa shape index (κ3) is 6.43. The molecule has 0 saturated carbocycles. The van der Waals surface area contributed by atoms with Crippen molar-refractivity contribution in [3.05, 3.63) is 41.0 Å². The standard InChI is InChI=1S/C18H25F3N6O/c1-5-22-17(24-10-16-26-25-13(3)27(16)4)23-9-14-7-6-12(2)8-15(14)28-11-18(19,20)21/h6-8H,5,9-11H2,1-4H3,(H2,22,23,24). The summed E-state index contributed by atoms with van der Waals surface area (Å²) in [4.78, 5) is 4.45. The molecule has 2 rings (SSSR count). The second kappa shape index (κ2) is 9.43. The molecule has 0 aliphatic carbocycles. The summed E-state index contributed by atoms with van der Waals surface area (Å²) in [6, 6.07) is 5.12. The molecule has 0 bridgehead atoms. The number of guanidine groups is 1. The number of halogens is 3. The number of ether oxygens (including phenoxy) is 1. The van der Waals surface area contributed by atoms with Crippen molar-refractivity contribution in [2.45, 2.75) is 40.0 Å². The summed E-state index contributed by atoms with van der Waals surface area (Å²) in [5.41, 5.74) is 1.38. The number of alkyl halides is 3. The van der Waals surface area contributed by atoms with Crippen molar-refractivity contribution in [3.63, 3.8) is 0 Å². The van der Waals surface area contributed by atoms with Crippen LogP contribution in [0.3, 0.4) is 0 Å². The summed E-state index contributed by atoms with van der Waals surface area (Å²) in [7, 11) is 1.87. The van der Waals surface area contributed by atoms with Crippen LogP contribution in [0.4, 0.5) is 13.2 Å². The van der Waals surface area contributed by atoms with Crippen LogP contribution < -0.4 is 15.4 Å². The third-order valence-corrected chi connectivity index (χ3v) is 3.96. The minimum absolute atomic E-state index is 0.167. The van der Waals surface area contributed by atoms with Crippen LogP contribution in [0.2, 0.25) is 0 Å². The van der Waals surface area contributed by atoms with Crippen LogP contribution in [0.25, 0.3) is 0 Å². The van der Waals surface area contributed by atoms with E-state index in [1.165, 1.54) is 0 Å². The Balaban J connectivity index is 2.10. The Hall–Kier alpha value is -2.78. The van der Waals surface area contributed by atoms with Gasteiger partial charge in [0.05, 0.1) is 13.1 Å². The van der Waals surface area contributed by atoms with Gasteiger partial charge in [-0.25, -0.2) is 4.99 Å². The quantitative estimate of drug-likeness (QED) is 0.554. The lowest BCUT2D eigenvalue weighted by Crippen LogP contribution is -2.37. The summed E-state index contributed by atoms with van der Waals surface area (Å²) in [5, 5.41) is 14.3. The van der Waals surface area contributed by atoms with Crippen LogP contribution in [-0.2, 0) is 20.1 Å². The molecule has 1 aromatic heterocycles. The molecule has 1 aromatic carbocycles. The highest BCUT2D eigenvalue weighted by molar-refractivity contribution is 5.79. The van der Waals surface area contributed by atoms with Gasteiger partial charge < -0.3 is 19.9 Å². The highest BCUT2D eigenvalue weighted by Crippen LogP contribution is 2.24. The molecular formula is C18H25F3N6O. The number of rotatable bonds is 7. The lowest BCUT2D eigenvalue weighted by molar-refractivity contribution is -0.153. The molecule has 1 heterocycles. The molecule has 7 nitrogen and oxygen atoms in total. The summed E-state index contributed by atoms with van der Waals surface area (Å²) < 4.78 is 44.3. The first kappa shape index (κ1) is 21.5. The number of hydrogen-bond donors (Lipinski definition) is 2. The van der Waals surface area contributed by atoms with E-state index in [0.717, 1.165) is 17.2 Å². The molecule has 10 heteroatoms. The topological polar surface area (TPSA) is 76.4 Å². The van der Waals surface area contributed by atoms with Crippen LogP contribution in [0.1, 0.15) is 29.7 Å². The molecule has 0 unspecified atom stereocenters. The van der Waals surface area contributed by atoms with Crippen molar-refractivity contribution in [1.82, 2.24) is 25.4 Å². The molecule has 0 spiro atoms. The minimum Gasteiger partial charge on any atom is -0.484 e. The Labute approximate surface area is 162 Å². The normalized spacial score (nSPS) is 12.2. The van der Waals surface area contributed by atoms with Crippen LogP contribution in [-0.4, -0.2) is 40.1 Å². The smallest absolute Gasteiger partial charge is 0.422 e. The average Bonchev–Trinajstić information content (AvgIpc) is 2.94. The van der Waals surface area contributed by atoms with Crippen molar-refractivity contribution in [2.24, 2.45) is 12.0 Å². The van der Waals surface area contributed by atoms with Crippen LogP contribution in [0, 0.1) is 13.8 Å². The van der Waals surface area contributed by atoms with Crippen LogP contribution in [0.5, 0.6) is 5.75 Å². The monoisotopic (exact) mass is 398 g/mol. The highest BCUT2D eigenvalue weighted by atomic mass is 19.4. The SMILES string of the molecule is CCNC(=NCc1ccc(C)cc1OCC(F)(F)F)NCc1nnc(C)n1C. The number of aryl methyl sites for hydroxylation is 2. The van der Waals surface area contributed by atoms with Gasteiger partial charge >= 0.3 is 6.18 Å². The van der Waals surface area contributed by atoms with Gasteiger partial charge in [0.2, 0.25) is 0 Å². The van der Waals surface area contributed by atoms with Gasteiger partial charge in [0.1, 0.15) is 11.6 Å². The Kier molecular flexibility index (Phi) is 7.24. The number of hydrogen-bond acceptors (Lipinski definition) is 4. The van der Waals surface area contributed by atoms with Gasteiger partial charge in [0.25, 0.3) is 0 Å². The molecular weight excluding hydrogens is 373 g/mol. The number of aromatic nitrogens is 3. The van der Waals surface area contributed by atoms with Crippen molar-refractivity contribution in [3.8, 4) is 5.75 Å². The van der Waals surface area contributed by atoms with E-state index in [9.17, 15) is 13.2 Å². The largest absolute Gasteiger partial charge is 0.484 e. The van der Waals surface area contributed by atoms with Crippen molar-refractivity contribution in [1.29, 1.82) is 0 Å². The number of benzene rings is 1. The van der Waals surface area contributed by atoms with E-state index in [1.807, 2.05) is 31.5 Å². The number of nitrogens with one attached hydrogen (secondary N) is 2. The zero-order valence-corrected chi connectivity index (χ0v) is 16.4. The molecule has 0 aliphatic rings. The first-order valence-electron chi connectivity index (χ1n) is 8.85. The van der Waals surface area contributed by atoms with Crippen molar-refractivity contribution >= 4 is 5.96 Å². The molecule has 0 aliphatic heterocycles. The van der Waals surface area contributed by atoms with E-state index in [2.05, 4.69) is 25.8 Å². The van der Waals surface area contributed by atoms with Gasteiger partial charge in [-0.05, 0) is 32.4 Å². The second-order valence-electron chi connectivity index (χ2n) is 6.29. The molecule has 28 heavy (non-hydrogen) atoms. The van der Waals surface area contributed by atoms with Gasteiger partial charge in [-0.15, -0.1) is 10.2 Å². The predicted octanol–water partition coefficient (Wildman–Crippen LogP) is 2.63. The first-order valence-corrected chi connectivity index (χ1v) is 8.85. The Morgan fingerprint density at radius 2 is 1.96 bits per heavy atom. The van der Waals surface area contributed by atoms with E-state index >= 15 is 0 Å². The zero-order valence-electron chi connectivity index (χ0n) is 16.4. The molecule has 154 valence electrons. The Morgan fingerprint density at radius 1 is 1.21 bits per heavy atom. The molecule has 0 radical (unpaired) electrons. The van der Waals surface area contributed by atoms with Gasteiger partial charge in [0, 0.05) is 19.2 Å². The van der Waals surface area contributed by atoms with Crippen molar-refractivity contribution in [2.75, 3.05) is 13.2 Å². The first-order chi connectivity index (χ1) is 13.2. The fraction of sp³-hybridized carbons (Fsp3) is 0.500. The predicted molar refractivity (Wildman–Crippen MR) is 100 cm³/mol. The maximum atomic E-state index is 12.5. The fourth-order valence-corrected chi connectivity index (χ4v) is 2.36. The summed E-state index contributed by atoms with van der Waals surface area (Å²) >= 11 is 0. The zero-order chi connectivity index (χ0) is 20.7. The lowest BCUT2D eigenvalue weighted by atomic mass is 10.1. The van der Waals surface area contributed by atoms with Crippen LogP contribution in [0.15, 0.2) is 23.2 Å². The summed E-state index contributed by atoms with van der Waals surface area (Å²) in [5.74, 6) is 2.24. The molecule has 2 aromatic rings. The average molecular weight is 398 g/mol. The highest BCUT2D eigenvalue weighted by Gasteiger charge is 2.28. The maximum Gasteiger partial charge on any atom is 0.422 e. The van der Waals surface area contributed by atoms with Gasteiger partial charge in [-0.2, -0.15) is 13.2 Å². The maximum absolute atomic E-state index is 12.5. The minimum atomic E-state index is -4.39. The Bertz CT molecular complexity index is 816. The lowest BCUT2D eigenvalue weighted by Gasteiger charge is -2.14. The molecule has 0 fully saturated rings.